The second-order valence-electron chi connectivity index (χ2n) is 1.99. The first-order chi connectivity index (χ1) is 6.72. The predicted octanol–water partition coefficient (Wildman–Crippen LogP) is 0.0480. The van der Waals surface area contributed by atoms with Crippen LogP contribution in [0.4, 0.5) is 5.95 Å². The van der Waals surface area contributed by atoms with Gasteiger partial charge in [-0.15, -0.1) is 0 Å². The van der Waals surface area contributed by atoms with Gasteiger partial charge in [0.2, 0.25) is 5.95 Å². The molecule has 8 heteroatoms. The first kappa shape index (κ1) is 10.4. The normalized spacial score (nSPS) is 10.4. The molecule has 0 atom stereocenters. The van der Waals surface area contributed by atoms with Crippen molar-refractivity contribution >= 4 is 29.7 Å². The number of oxime groups is 1. The summed E-state index contributed by atoms with van der Waals surface area (Å²) in [6, 6.07) is 0. The molecule has 1 heterocycles. The topological polar surface area (TPSA) is 99.7 Å². The van der Waals surface area contributed by atoms with Gasteiger partial charge >= 0.3 is 11.2 Å². The minimum Gasteiger partial charge on any atom is -0.396 e. The van der Waals surface area contributed by atoms with Crippen molar-refractivity contribution < 1.29 is 14.4 Å². The quantitative estimate of drug-likeness (QED) is 0.433. The van der Waals surface area contributed by atoms with Crippen LogP contribution in [-0.2, 0) is 9.63 Å². The average molecular weight is 216 g/mol. The van der Waals surface area contributed by atoms with Gasteiger partial charge in [0.05, 0.1) is 0 Å². The average Bonchev–Trinajstić information content (AvgIpc) is 2.52. The van der Waals surface area contributed by atoms with Crippen LogP contribution < -0.4 is 10.5 Å². The molecule has 0 aliphatic rings. The third-order valence-corrected chi connectivity index (χ3v) is 1.58. The van der Waals surface area contributed by atoms with Crippen molar-refractivity contribution in [3.05, 3.63) is 0 Å². The van der Waals surface area contributed by atoms with Crippen LogP contribution in [0.1, 0.15) is 6.92 Å². The van der Waals surface area contributed by atoms with Crippen LogP contribution in [0.5, 0.6) is 5.19 Å². The summed E-state index contributed by atoms with van der Waals surface area (Å²) in [5.74, 6) is -0.617. The number of carbonyl (C=O) groups is 1. The molecule has 1 aromatic heterocycles. The van der Waals surface area contributed by atoms with Crippen molar-refractivity contribution in [1.29, 1.82) is 0 Å². The van der Waals surface area contributed by atoms with Crippen molar-refractivity contribution in [2.75, 3.05) is 12.3 Å². The highest BCUT2D eigenvalue weighted by molar-refractivity contribution is 7.07. The van der Waals surface area contributed by atoms with Gasteiger partial charge in [0.25, 0.3) is 0 Å². The fourth-order valence-corrected chi connectivity index (χ4v) is 0.995. The maximum Gasteiger partial charge on any atom is 0.360 e. The summed E-state index contributed by atoms with van der Waals surface area (Å²) >= 11 is 0.885. The second kappa shape index (κ2) is 5.12. The molecule has 0 aliphatic carbocycles. The molecule has 0 aromatic carbocycles. The maximum absolute atomic E-state index is 10.9. The largest absolute Gasteiger partial charge is 0.396 e. The molecular formula is C6H8N4O3S. The van der Waals surface area contributed by atoms with Gasteiger partial charge < -0.3 is 15.3 Å². The van der Waals surface area contributed by atoms with Gasteiger partial charge in [-0.1, -0.05) is 5.16 Å². The molecule has 0 amide bonds. The zero-order valence-corrected chi connectivity index (χ0v) is 8.15. The standard InChI is InChI=1S/C6H8N4O3S/c1-2-12-8-3-4(11)13-6-9-5(7)10-14-6/h3H,2H2,1H3,(H2,7,10). The van der Waals surface area contributed by atoms with Crippen molar-refractivity contribution in [1.82, 2.24) is 9.36 Å². The number of rotatable bonds is 4. The molecule has 14 heavy (non-hydrogen) atoms. The number of hydrogen-bond donors (Lipinski definition) is 1. The lowest BCUT2D eigenvalue weighted by Gasteiger charge is -1.92. The van der Waals surface area contributed by atoms with E-state index in [-0.39, 0.29) is 11.1 Å². The lowest BCUT2D eigenvalue weighted by Crippen LogP contribution is -2.09. The van der Waals surface area contributed by atoms with Crippen LogP contribution in [0.25, 0.3) is 0 Å². The Morgan fingerprint density at radius 2 is 2.57 bits per heavy atom. The van der Waals surface area contributed by atoms with E-state index in [4.69, 9.17) is 5.73 Å². The SMILES string of the molecule is CCON=CC(=O)Oc1nc(N)ns1. The Morgan fingerprint density at radius 1 is 1.79 bits per heavy atom. The highest BCUT2D eigenvalue weighted by Crippen LogP contribution is 2.14. The van der Waals surface area contributed by atoms with Crippen molar-refractivity contribution in [2.45, 2.75) is 6.92 Å². The van der Waals surface area contributed by atoms with E-state index < -0.39 is 5.97 Å². The minimum atomic E-state index is -0.686. The molecule has 0 spiro atoms. The van der Waals surface area contributed by atoms with E-state index in [0.717, 1.165) is 17.7 Å². The van der Waals surface area contributed by atoms with Crippen LogP contribution in [0.15, 0.2) is 5.16 Å². The number of ether oxygens (including phenoxy) is 1. The second-order valence-corrected chi connectivity index (χ2v) is 2.71. The number of nitrogens with zero attached hydrogens (tertiary/aromatic N) is 3. The van der Waals surface area contributed by atoms with E-state index in [1.165, 1.54) is 0 Å². The molecule has 2 N–H and O–H groups in total. The highest BCUT2D eigenvalue weighted by Gasteiger charge is 2.06. The summed E-state index contributed by atoms with van der Waals surface area (Å²) in [4.78, 5) is 19.1. The monoisotopic (exact) mass is 216 g/mol. The number of nitrogens with two attached hydrogens (primary N) is 1. The summed E-state index contributed by atoms with van der Waals surface area (Å²) in [6.07, 6.45) is 0.904. The van der Waals surface area contributed by atoms with E-state index >= 15 is 0 Å². The first-order valence-corrected chi connectivity index (χ1v) is 4.46. The maximum atomic E-state index is 10.9. The Balaban J connectivity index is 2.41. The van der Waals surface area contributed by atoms with Gasteiger partial charge in [-0.25, -0.2) is 4.79 Å². The zero-order valence-electron chi connectivity index (χ0n) is 7.34. The molecule has 0 bridgehead atoms. The van der Waals surface area contributed by atoms with Gasteiger partial charge in [-0.05, 0) is 6.92 Å². The molecule has 1 rings (SSSR count). The van der Waals surface area contributed by atoms with E-state index in [1.54, 1.807) is 6.92 Å². The Morgan fingerprint density at radius 3 is 3.14 bits per heavy atom. The number of aromatic nitrogens is 2. The lowest BCUT2D eigenvalue weighted by atomic mass is 10.8. The van der Waals surface area contributed by atoms with E-state index in [0.29, 0.717) is 6.61 Å². The number of esters is 1. The van der Waals surface area contributed by atoms with E-state index in [2.05, 4.69) is 24.1 Å². The van der Waals surface area contributed by atoms with Crippen LogP contribution >= 0.6 is 11.5 Å². The number of nitrogen functional groups attached to an aromatic ring is 1. The summed E-state index contributed by atoms with van der Waals surface area (Å²) < 4.78 is 8.30. The molecule has 76 valence electrons. The fourth-order valence-electron chi connectivity index (χ4n) is 0.529. The Kier molecular flexibility index (Phi) is 3.80. The number of carbonyl (C=O) groups excluding carboxylic acids is 1. The molecule has 0 saturated heterocycles. The molecule has 7 nitrogen and oxygen atoms in total. The fraction of sp³-hybridized carbons (Fsp3) is 0.333. The van der Waals surface area contributed by atoms with Gasteiger partial charge in [-0.3, -0.25) is 0 Å². The molecule has 0 unspecified atom stereocenters. The van der Waals surface area contributed by atoms with Gasteiger partial charge in [0.1, 0.15) is 6.61 Å². The number of anilines is 1. The van der Waals surface area contributed by atoms with Crippen LogP contribution in [0.3, 0.4) is 0 Å². The van der Waals surface area contributed by atoms with E-state index in [9.17, 15) is 4.79 Å². The Hall–Kier alpha value is -1.70. The van der Waals surface area contributed by atoms with Crippen LogP contribution in [-0.4, -0.2) is 28.1 Å². The molecule has 1 aromatic rings. The van der Waals surface area contributed by atoms with Crippen LogP contribution in [0.2, 0.25) is 0 Å². The van der Waals surface area contributed by atoms with Crippen molar-refractivity contribution in [3.63, 3.8) is 0 Å². The summed E-state index contributed by atoms with van der Waals surface area (Å²) in [7, 11) is 0. The van der Waals surface area contributed by atoms with Gasteiger partial charge in [0, 0.05) is 11.5 Å². The smallest absolute Gasteiger partial charge is 0.360 e. The lowest BCUT2D eigenvalue weighted by molar-refractivity contribution is -0.126. The summed E-state index contributed by atoms with van der Waals surface area (Å²) in [5.41, 5.74) is 5.21. The third-order valence-electron chi connectivity index (χ3n) is 0.973. The Bertz CT molecular complexity index is 338. The zero-order chi connectivity index (χ0) is 10.4. The molecule has 0 aliphatic heterocycles. The van der Waals surface area contributed by atoms with E-state index in [1.807, 2.05) is 0 Å². The third kappa shape index (κ3) is 3.35. The highest BCUT2D eigenvalue weighted by atomic mass is 32.1. The molecule has 0 fully saturated rings. The van der Waals surface area contributed by atoms with Gasteiger partial charge in [0.15, 0.2) is 6.21 Å². The van der Waals surface area contributed by atoms with Crippen molar-refractivity contribution in [2.24, 2.45) is 5.16 Å². The first-order valence-electron chi connectivity index (χ1n) is 3.68. The molecule has 0 radical (unpaired) electrons. The van der Waals surface area contributed by atoms with Gasteiger partial charge in [-0.2, -0.15) is 9.36 Å². The summed E-state index contributed by atoms with van der Waals surface area (Å²) in [6.45, 7) is 2.13. The minimum absolute atomic E-state index is 0.0690. The molecular weight excluding hydrogens is 208 g/mol. The number of hydrogen-bond acceptors (Lipinski definition) is 8. The summed E-state index contributed by atoms with van der Waals surface area (Å²) in [5, 5.41) is 3.40. The van der Waals surface area contributed by atoms with Crippen molar-refractivity contribution in [3.8, 4) is 5.19 Å². The van der Waals surface area contributed by atoms with Crippen LogP contribution in [0, 0.1) is 0 Å². The molecule has 0 saturated carbocycles. The Labute approximate surface area is 83.7 Å². The predicted molar refractivity (Wildman–Crippen MR) is 50.1 cm³/mol.